The summed E-state index contributed by atoms with van der Waals surface area (Å²) in [6, 6.07) is 15.8. The lowest BCUT2D eigenvalue weighted by Gasteiger charge is -2.25. The number of morpholine rings is 2. The monoisotopic (exact) mass is 544 g/mol. The van der Waals surface area contributed by atoms with Crippen LogP contribution in [0.4, 0.5) is 0 Å². The fourth-order valence-corrected chi connectivity index (χ4v) is 4.38. The molecule has 10 heteroatoms. The minimum Gasteiger partial charge on any atom is -1.00 e. The van der Waals surface area contributed by atoms with Crippen molar-refractivity contribution in [3.05, 3.63) is 48.5 Å². The number of benzene rings is 2. The van der Waals surface area contributed by atoms with E-state index in [0.29, 0.717) is 13.1 Å². The molecule has 4 rings (SSSR count). The third kappa shape index (κ3) is 10.0. The number of quaternary nitrogens is 2. The fourth-order valence-electron chi connectivity index (χ4n) is 4.38. The average Bonchev–Trinajstić information content (AvgIpc) is 2.88. The van der Waals surface area contributed by atoms with Crippen LogP contribution >= 0.6 is 0 Å². The summed E-state index contributed by atoms with van der Waals surface area (Å²) in [5, 5.41) is 20.5. The summed E-state index contributed by atoms with van der Waals surface area (Å²) in [4.78, 5) is 2.72. The Morgan fingerprint density at radius 3 is 1.28 bits per heavy atom. The van der Waals surface area contributed by atoms with Gasteiger partial charge >= 0.3 is 0 Å². The molecule has 2 heterocycles. The van der Waals surface area contributed by atoms with Crippen molar-refractivity contribution in [3.8, 4) is 22.6 Å². The van der Waals surface area contributed by atoms with Crippen molar-refractivity contribution in [2.24, 2.45) is 0 Å². The van der Waals surface area contributed by atoms with Crippen molar-refractivity contribution >= 4 is 0 Å². The van der Waals surface area contributed by atoms with Crippen LogP contribution in [0.25, 0.3) is 11.1 Å². The molecule has 2 fully saturated rings. The molecule has 0 amide bonds. The third-order valence-corrected chi connectivity index (χ3v) is 6.38. The smallest absolute Gasteiger partial charge is 0.137 e. The maximum atomic E-state index is 10.3. The second-order valence-electron chi connectivity index (χ2n) is 9.11. The van der Waals surface area contributed by atoms with Crippen LogP contribution in [0.2, 0.25) is 0 Å². The lowest BCUT2D eigenvalue weighted by atomic mass is 10.1. The number of aliphatic hydroxyl groups excluding tert-OH is 2. The van der Waals surface area contributed by atoms with E-state index < -0.39 is 12.2 Å². The van der Waals surface area contributed by atoms with Gasteiger partial charge in [-0.15, -0.1) is 0 Å². The van der Waals surface area contributed by atoms with Gasteiger partial charge in [-0.1, -0.05) is 24.3 Å². The summed E-state index contributed by atoms with van der Waals surface area (Å²) >= 11 is 0. The van der Waals surface area contributed by atoms with Crippen LogP contribution in [0, 0.1) is 0 Å². The van der Waals surface area contributed by atoms with Gasteiger partial charge < -0.3 is 63.8 Å². The fraction of sp³-hybridized carbons (Fsp3) is 0.538. The van der Waals surface area contributed by atoms with Gasteiger partial charge in [0.2, 0.25) is 0 Å². The highest BCUT2D eigenvalue weighted by Gasteiger charge is 2.19. The Balaban J connectivity index is 0.00000228. The van der Waals surface area contributed by atoms with Crippen LogP contribution in [0.1, 0.15) is 0 Å². The predicted molar refractivity (Wildman–Crippen MR) is 128 cm³/mol. The molecule has 36 heavy (non-hydrogen) atoms. The maximum Gasteiger partial charge on any atom is 0.137 e. The van der Waals surface area contributed by atoms with Crippen LogP contribution in [-0.2, 0) is 9.47 Å². The first-order valence-electron chi connectivity index (χ1n) is 12.3. The molecule has 0 aliphatic carbocycles. The lowest BCUT2D eigenvalue weighted by Crippen LogP contribution is -3.15. The molecule has 0 saturated carbocycles. The Kier molecular flexibility index (Phi) is 13.8. The summed E-state index contributed by atoms with van der Waals surface area (Å²) in [5.41, 5.74) is 2.15. The zero-order valence-corrected chi connectivity index (χ0v) is 22.1. The first-order chi connectivity index (χ1) is 16.7. The van der Waals surface area contributed by atoms with Crippen molar-refractivity contribution in [1.82, 2.24) is 0 Å². The Morgan fingerprint density at radius 1 is 0.611 bits per heavy atom. The van der Waals surface area contributed by atoms with E-state index in [2.05, 4.69) is 0 Å². The molecule has 0 spiro atoms. The number of halogens is 2. The largest absolute Gasteiger partial charge is 1.00 e. The van der Waals surface area contributed by atoms with Gasteiger partial charge in [-0.2, -0.15) is 0 Å². The van der Waals surface area contributed by atoms with Crippen LogP contribution in [0.5, 0.6) is 11.5 Å². The third-order valence-electron chi connectivity index (χ3n) is 6.38. The molecule has 8 nitrogen and oxygen atoms in total. The van der Waals surface area contributed by atoms with Crippen molar-refractivity contribution in [3.63, 3.8) is 0 Å². The Morgan fingerprint density at radius 2 is 0.944 bits per heavy atom. The number of rotatable bonds is 11. The highest BCUT2D eigenvalue weighted by molar-refractivity contribution is 5.64. The molecule has 2 saturated heterocycles. The second-order valence-corrected chi connectivity index (χ2v) is 9.11. The lowest BCUT2D eigenvalue weighted by molar-refractivity contribution is -0.911. The highest BCUT2D eigenvalue weighted by atomic mass is 35.5. The van der Waals surface area contributed by atoms with Crippen molar-refractivity contribution in [2.75, 3.05) is 78.9 Å². The summed E-state index contributed by atoms with van der Waals surface area (Å²) < 4.78 is 22.3. The van der Waals surface area contributed by atoms with E-state index >= 15 is 0 Å². The number of ether oxygens (including phenoxy) is 4. The molecule has 2 unspecified atom stereocenters. The SMILES string of the molecule is OC(COc1ccc(-c2ccc(OCC(O)C[NH+]3CCOCC3)cc2)cc1)C[NH+]1CCOCC1.[Cl-].[Cl-]. The normalized spacial score (nSPS) is 18.4. The summed E-state index contributed by atoms with van der Waals surface area (Å²) in [6.45, 7) is 8.72. The van der Waals surface area contributed by atoms with Gasteiger partial charge in [-0.3, -0.25) is 0 Å². The van der Waals surface area contributed by atoms with Gasteiger partial charge in [0.1, 0.15) is 76.2 Å². The maximum absolute atomic E-state index is 10.3. The van der Waals surface area contributed by atoms with Crippen LogP contribution in [0.3, 0.4) is 0 Å². The topological polar surface area (TPSA) is 86.3 Å². The van der Waals surface area contributed by atoms with Crippen LogP contribution < -0.4 is 44.1 Å². The number of hydrogen-bond acceptors (Lipinski definition) is 6. The van der Waals surface area contributed by atoms with E-state index in [1.165, 1.54) is 9.80 Å². The molecule has 2 aromatic carbocycles. The minimum absolute atomic E-state index is 0. The molecule has 4 N–H and O–H groups in total. The molecule has 0 bridgehead atoms. The molecule has 2 aromatic rings. The molecular weight excluding hydrogens is 507 g/mol. The van der Waals surface area contributed by atoms with E-state index in [1.54, 1.807) is 0 Å². The Bertz CT molecular complexity index is 775. The average molecular weight is 546 g/mol. The first-order valence-corrected chi connectivity index (χ1v) is 12.3. The molecule has 2 atom stereocenters. The molecular formula is C26H38Cl2N2O6. The number of aliphatic hydroxyl groups is 2. The van der Waals surface area contributed by atoms with Gasteiger partial charge in [0, 0.05) is 0 Å². The summed E-state index contributed by atoms with van der Waals surface area (Å²) in [7, 11) is 0. The molecule has 0 radical (unpaired) electrons. The summed E-state index contributed by atoms with van der Waals surface area (Å²) in [6.07, 6.45) is -0.983. The number of nitrogens with one attached hydrogen (secondary N) is 2. The second kappa shape index (κ2) is 16.3. The molecule has 202 valence electrons. The highest BCUT2D eigenvalue weighted by Crippen LogP contribution is 2.24. The minimum atomic E-state index is -0.492. The molecule has 2 aliphatic rings. The van der Waals surface area contributed by atoms with Gasteiger partial charge in [0.25, 0.3) is 0 Å². The van der Waals surface area contributed by atoms with Gasteiger partial charge in [-0.25, -0.2) is 0 Å². The van der Waals surface area contributed by atoms with Gasteiger partial charge in [-0.05, 0) is 35.4 Å². The van der Waals surface area contributed by atoms with E-state index in [9.17, 15) is 10.2 Å². The predicted octanol–water partition coefficient (Wildman–Crippen LogP) is -7.33. The van der Waals surface area contributed by atoms with Crippen molar-refractivity contribution in [2.45, 2.75) is 12.2 Å². The van der Waals surface area contributed by atoms with Crippen LogP contribution in [-0.4, -0.2) is 101 Å². The molecule has 2 aliphatic heterocycles. The summed E-state index contributed by atoms with van der Waals surface area (Å²) in [5.74, 6) is 1.49. The molecule has 0 aromatic heterocycles. The van der Waals surface area contributed by atoms with Gasteiger partial charge in [0.15, 0.2) is 0 Å². The van der Waals surface area contributed by atoms with Crippen LogP contribution in [0.15, 0.2) is 48.5 Å². The van der Waals surface area contributed by atoms with E-state index in [1.807, 2.05) is 48.5 Å². The first kappa shape index (κ1) is 30.6. The Hall–Kier alpha value is -1.62. The van der Waals surface area contributed by atoms with E-state index in [4.69, 9.17) is 18.9 Å². The van der Waals surface area contributed by atoms with Gasteiger partial charge in [0.05, 0.1) is 26.4 Å². The van der Waals surface area contributed by atoms with Crippen molar-refractivity contribution < 1.29 is 63.8 Å². The van der Waals surface area contributed by atoms with E-state index in [0.717, 1.165) is 75.2 Å². The van der Waals surface area contributed by atoms with E-state index in [-0.39, 0.29) is 38.0 Å². The zero-order chi connectivity index (χ0) is 23.6. The standard InChI is InChI=1S/C26H36N2O6.2ClH/c29-23(17-27-9-13-31-14-10-27)19-33-25-5-1-21(2-6-25)22-3-7-26(8-4-22)34-20-24(30)18-28-11-15-32-16-12-28;;/h1-8,23-24,29-30H,9-20H2;2*1H. The Labute approximate surface area is 225 Å². The van der Waals surface area contributed by atoms with Crippen molar-refractivity contribution in [1.29, 1.82) is 0 Å². The number of hydrogen-bond donors (Lipinski definition) is 4. The quantitative estimate of drug-likeness (QED) is 0.225. The zero-order valence-electron chi connectivity index (χ0n) is 20.5.